The Labute approximate surface area is 114 Å². The van der Waals surface area contributed by atoms with Crippen molar-refractivity contribution in [1.82, 2.24) is 0 Å². The van der Waals surface area contributed by atoms with Crippen LogP contribution in [0.2, 0.25) is 0 Å². The molecule has 2 atom stereocenters. The molecule has 1 saturated carbocycles. The lowest BCUT2D eigenvalue weighted by molar-refractivity contribution is -0.125. The van der Waals surface area contributed by atoms with E-state index in [0.29, 0.717) is 11.7 Å². The fourth-order valence-corrected chi connectivity index (χ4v) is 3.68. The minimum atomic E-state index is 0.333. The SMILES string of the molecule is CCC1CCC(=O)C(CCSc2ccccc2)C1. The number of carbonyl (C=O) groups is 1. The second-order valence-corrected chi connectivity index (χ2v) is 6.33. The number of hydrogen-bond donors (Lipinski definition) is 0. The highest BCUT2D eigenvalue weighted by atomic mass is 32.2. The molecule has 0 saturated heterocycles. The molecule has 0 radical (unpaired) electrons. The summed E-state index contributed by atoms with van der Waals surface area (Å²) < 4.78 is 0. The van der Waals surface area contributed by atoms with Crippen LogP contribution in [0.3, 0.4) is 0 Å². The van der Waals surface area contributed by atoms with Crippen molar-refractivity contribution in [2.75, 3.05) is 5.75 Å². The summed E-state index contributed by atoms with van der Waals surface area (Å²) in [6.45, 7) is 2.25. The number of benzene rings is 1. The molecule has 0 heterocycles. The molecular formula is C16H22OS. The summed E-state index contributed by atoms with van der Waals surface area (Å²) in [5.74, 6) is 2.69. The Hall–Kier alpha value is -0.760. The molecule has 18 heavy (non-hydrogen) atoms. The van der Waals surface area contributed by atoms with Gasteiger partial charge in [0, 0.05) is 17.2 Å². The lowest BCUT2D eigenvalue weighted by atomic mass is 9.78. The van der Waals surface area contributed by atoms with Gasteiger partial charge in [0.25, 0.3) is 0 Å². The van der Waals surface area contributed by atoms with Crippen molar-refractivity contribution < 1.29 is 4.79 Å². The third kappa shape index (κ3) is 3.88. The monoisotopic (exact) mass is 262 g/mol. The van der Waals surface area contributed by atoms with Gasteiger partial charge in [-0.05, 0) is 43.1 Å². The molecule has 2 unspecified atom stereocenters. The van der Waals surface area contributed by atoms with E-state index in [9.17, 15) is 4.79 Å². The standard InChI is InChI=1S/C16H22OS/c1-2-13-8-9-16(17)14(12-13)10-11-18-15-6-4-3-5-7-15/h3-7,13-14H,2,8-12H2,1H3. The van der Waals surface area contributed by atoms with Crippen LogP contribution in [0.15, 0.2) is 35.2 Å². The normalized spacial score (nSPS) is 24.2. The molecule has 0 aromatic heterocycles. The van der Waals surface area contributed by atoms with E-state index in [1.54, 1.807) is 0 Å². The van der Waals surface area contributed by atoms with E-state index in [1.807, 2.05) is 17.8 Å². The highest BCUT2D eigenvalue weighted by Gasteiger charge is 2.27. The predicted octanol–water partition coefficient (Wildman–Crippen LogP) is 4.56. The molecular weight excluding hydrogens is 240 g/mol. The maximum atomic E-state index is 11.9. The highest BCUT2D eigenvalue weighted by Crippen LogP contribution is 2.32. The topological polar surface area (TPSA) is 17.1 Å². The molecule has 1 aromatic rings. The smallest absolute Gasteiger partial charge is 0.136 e. The number of hydrogen-bond acceptors (Lipinski definition) is 2. The average molecular weight is 262 g/mol. The molecule has 98 valence electrons. The molecule has 0 spiro atoms. The third-order valence-electron chi connectivity index (χ3n) is 3.93. The first-order valence-corrected chi connectivity index (χ1v) is 7.98. The number of rotatable bonds is 5. The molecule has 0 aliphatic heterocycles. The van der Waals surface area contributed by atoms with Crippen molar-refractivity contribution in [2.45, 2.75) is 43.9 Å². The van der Waals surface area contributed by atoms with Crippen LogP contribution in [-0.4, -0.2) is 11.5 Å². The van der Waals surface area contributed by atoms with Gasteiger partial charge in [0.15, 0.2) is 0 Å². The Morgan fingerprint density at radius 2 is 2.06 bits per heavy atom. The van der Waals surface area contributed by atoms with Crippen LogP contribution in [0.5, 0.6) is 0 Å². The second-order valence-electron chi connectivity index (χ2n) is 5.16. The lowest BCUT2D eigenvalue weighted by Gasteiger charge is -2.27. The maximum Gasteiger partial charge on any atom is 0.136 e. The quantitative estimate of drug-likeness (QED) is 0.723. The van der Waals surface area contributed by atoms with Crippen LogP contribution in [0.1, 0.15) is 39.0 Å². The van der Waals surface area contributed by atoms with Gasteiger partial charge in [-0.1, -0.05) is 31.5 Å². The van der Waals surface area contributed by atoms with Crippen molar-refractivity contribution in [2.24, 2.45) is 11.8 Å². The second kappa shape index (κ2) is 6.98. The number of Topliss-reactive ketones (excluding diaryl/α,β-unsaturated/α-hetero) is 1. The van der Waals surface area contributed by atoms with Gasteiger partial charge in [-0.15, -0.1) is 11.8 Å². The number of carbonyl (C=O) groups excluding carboxylic acids is 1. The number of ketones is 1. The summed E-state index contributed by atoms with van der Waals surface area (Å²) in [5.41, 5.74) is 0. The molecule has 2 rings (SSSR count). The summed E-state index contributed by atoms with van der Waals surface area (Å²) in [4.78, 5) is 13.2. The summed E-state index contributed by atoms with van der Waals surface area (Å²) >= 11 is 1.87. The minimum Gasteiger partial charge on any atom is -0.299 e. The summed E-state index contributed by atoms with van der Waals surface area (Å²) in [5, 5.41) is 0. The van der Waals surface area contributed by atoms with Crippen LogP contribution in [0, 0.1) is 11.8 Å². The first-order chi connectivity index (χ1) is 8.79. The Balaban J connectivity index is 1.77. The zero-order valence-electron chi connectivity index (χ0n) is 11.1. The molecule has 1 aromatic carbocycles. The van der Waals surface area contributed by atoms with Crippen molar-refractivity contribution in [3.05, 3.63) is 30.3 Å². The fraction of sp³-hybridized carbons (Fsp3) is 0.562. The van der Waals surface area contributed by atoms with Gasteiger partial charge in [0.2, 0.25) is 0 Å². The van der Waals surface area contributed by atoms with E-state index in [-0.39, 0.29) is 0 Å². The van der Waals surface area contributed by atoms with E-state index in [1.165, 1.54) is 11.3 Å². The van der Waals surface area contributed by atoms with Crippen LogP contribution in [-0.2, 0) is 4.79 Å². The van der Waals surface area contributed by atoms with E-state index < -0.39 is 0 Å². The van der Waals surface area contributed by atoms with Crippen molar-refractivity contribution in [3.63, 3.8) is 0 Å². The summed E-state index contributed by atoms with van der Waals surface area (Å²) in [7, 11) is 0. The van der Waals surface area contributed by atoms with E-state index in [2.05, 4.69) is 31.2 Å². The Morgan fingerprint density at radius 1 is 1.28 bits per heavy atom. The average Bonchev–Trinajstić information content (AvgIpc) is 2.42. The zero-order valence-corrected chi connectivity index (χ0v) is 11.9. The van der Waals surface area contributed by atoms with Crippen LogP contribution in [0.25, 0.3) is 0 Å². The van der Waals surface area contributed by atoms with Gasteiger partial charge in [0.05, 0.1) is 0 Å². The maximum absolute atomic E-state index is 11.9. The van der Waals surface area contributed by atoms with Gasteiger partial charge in [-0.3, -0.25) is 4.79 Å². The predicted molar refractivity (Wildman–Crippen MR) is 77.9 cm³/mol. The van der Waals surface area contributed by atoms with Crippen molar-refractivity contribution in [1.29, 1.82) is 0 Å². The molecule has 1 aliphatic carbocycles. The van der Waals surface area contributed by atoms with Crippen molar-refractivity contribution >= 4 is 17.5 Å². The zero-order chi connectivity index (χ0) is 12.8. The van der Waals surface area contributed by atoms with E-state index in [0.717, 1.165) is 37.4 Å². The molecule has 1 aliphatic rings. The van der Waals surface area contributed by atoms with E-state index >= 15 is 0 Å². The van der Waals surface area contributed by atoms with E-state index in [4.69, 9.17) is 0 Å². The van der Waals surface area contributed by atoms with Crippen molar-refractivity contribution in [3.8, 4) is 0 Å². The Kier molecular flexibility index (Phi) is 5.30. The molecule has 2 heteroatoms. The van der Waals surface area contributed by atoms with Gasteiger partial charge in [-0.2, -0.15) is 0 Å². The van der Waals surface area contributed by atoms with Gasteiger partial charge < -0.3 is 0 Å². The first-order valence-electron chi connectivity index (χ1n) is 7.00. The number of thioether (sulfide) groups is 1. The summed E-state index contributed by atoms with van der Waals surface area (Å²) in [6.07, 6.45) is 5.35. The van der Waals surface area contributed by atoms with Gasteiger partial charge >= 0.3 is 0 Å². The Bertz CT molecular complexity index is 374. The highest BCUT2D eigenvalue weighted by molar-refractivity contribution is 7.99. The lowest BCUT2D eigenvalue weighted by Crippen LogP contribution is -2.25. The van der Waals surface area contributed by atoms with Crippen LogP contribution >= 0.6 is 11.8 Å². The Morgan fingerprint density at radius 3 is 2.78 bits per heavy atom. The first kappa shape index (κ1) is 13.7. The third-order valence-corrected chi connectivity index (χ3v) is 4.97. The van der Waals surface area contributed by atoms with Gasteiger partial charge in [0.1, 0.15) is 5.78 Å². The summed E-state index contributed by atoms with van der Waals surface area (Å²) in [6, 6.07) is 10.5. The molecule has 1 nitrogen and oxygen atoms in total. The largest absolute Gasteiger partial charge is 0.299 e. The van der Waals surface area contributed by atoms with Crippen LogP contribution in [0.4, 0.5) is 0 Å². The molecule has 0 bridgehead atoms. The van der Waals surface area contributed by atoms with Gasteiger partial charge in [-0.25, -0.2) is 0 Å². The van der Waals surface area contributed by atoms with Crippen LogP contribution < -0.4 is 0 Å². The molecule has 1 fully saturated rings. The molecule has 0 N–H and O–H groups in total. The molecule has 0 amide bonds. The fourth-order valence-electron chi connectivity index (χ4n) is 2.69. The minimum absolute atomic E-state index is 0.333.